The third kappa shape index (κ3) is 4.34. The summed E-state index contributed by atoms with van der Waals surface area (Å²) in [6.07, 6.45) is 0.837. The molecule has 1 atom stereocenters. The van der Waals surface area contributed by atoms with E-state index in [4.69, 9.17) is 14.2 Å². The highest BCUT2D eigenvalue weighted by atomic mass is 16.7. The maximum atomic E-state index is 12.0. The summed E-state index contributed by atoms with van der Waals surface area (Å²) in [7, 11) is 0. The standard InChI is InChI=1S/C18H24O4/c1-12(2)17(13(3)4)22-16(19)10-15-11-20-18(21-15)14-8-6-5-7-9-14/h5-10,12-13,17-18H,11H2,1-4H3/b15-10-. The summed E-state index contributed by atoms with van der Waals surface area (Å²) in [5.41, 5.74) is 0.932. The first kappa shape index (κ1) is 16.6. The Balaban J connectivity index is 1.95. The van der Waals surface area contributed by atoms with Crippen molar-refractivity contribution in [1.29, 1.82) is 0 Å². The molecule has 0 spiro atoms. The molecule has 1 saturated heterocycles. The Kier molecular flexibility index (Phi) is 5.61. The Labute approximate surface area is 132 Å². The van der Waals surface area contributed by atoms with E-state index in [9.17, 15) is 4.79 Å². The SMILES string of the molecule is CC(C)C(OC(=O)/C=C1/COC(c2ccccc2)O1)C(C)C. The van der Waals surface area contributed by atoms with Crippen LogP contribution in [-0.2, 0) is 19.0 Å². The van der Waals surface area contributed by atoms with Crippen LogP contribution in [0.2, 0.25) is 0 Å². The number of hydrogen-bond acceptors (Lipinski definition) is 4. The monoisotopic (exact) mass is 304 g/mol. The smallest absolute Gasteiger partial charge is 0.334 e. The van der Waals surface area contributed by atoms with Gasteiger partial charge in [0, 0.05) is 5.56 Å². The Morgan fingerprint density at radius 1 is 1.18 bits per heavy atom. The molecule has 1 aromatic rings. The molecule has 1 aliphatic heterocycles. The van der Waals surface area contributed by atoms with Gasteiger partial charge in [0.1, 0.15) is 18.5 Å². The van der Waals surface area contributed by atoms with E-state index >= 15 is 0 Å². The first-order chi connectivity index (χ1) is 10.5. The second kappa shape index (κ2) is 7.45. The number of carbonyl (C=O) groups is 1. The molecular formula is C18H24O4. The van der Waals surface area contributed by atoms with Gasteiger partial charge in [0.15, 0.2) is 0 Å². The fraction of sp³-hybridized carbons (Fsp3) is 0.500. The average Bonchev–Trinajstić information content (AvgIpc) is 2.93. The van der Waals surface area contributed by atoms with Gasteiger partial charge in [0.05, 0.1) is 6.08 Å². The minimum absolute atomic E-state index is 0.100. The number of rotatable bonds is 5. The molecule has 1 unspecified atom stereocenters. The molecule has 0 aromatic heterocycles. The molecule has 1 aliphatic rings. The van der Waals surface area contributed by atoms with Gasteiger partial charge in [0.25, 0.3) is 0 Å². The lowest BCUT2D eigenvalue weighted by molar-refractivity contribution is -0.148. The van der Waals surface area contributed by atoms with Crippen LogP contribution < -0.4 is 0 Å². The second-order valence-corrected chi connectivity index (χ2v) is 6.17. The summed E-state index contributed by atoms with van der Waals surface area (Å²) >= 11 is 0. The predicted molar refractivity (Wildman–Crippen MR) is 83.9 cm³/mol. The third-order valence-electron chi connectivity index (χ3n) is 3.55. The van der Waals surface area contributed by atoms with Crippen LogP contribution in [0.4, 0.5) is 0 Å². The van der Waals surface area contributed by atoms with Gasteiger partial charge in [-0.15, -0.1) is 0 Å². The predicted octanol–water partition coefficient (Wildman–Crippen LogP) is 3.84. The summed E-state index contributed by atoms with van der Waals surface area (Å²) in [5.74, 6) is 0.685. The van der Waals surface area contributed by atoms with Crippen molar-refractivity contribution in [1.82, 2.24) is 0 Å². The molecule has 4 heteroatoms. The van der Waals surface area contributed by atoms with Crippen molar-refractivity contribution in [2.24, 2.45) is 11.8 Å². The highest BCUT2D eigenvalue weighted by Gasteiger charge is 2.25. The topological polar surface area (TPSA) is 44.8 Å². The van der Waals surface area contributed by atoms with Gasteiger partial charge in [-0.1, -0.05) is 58.0 Å². The lowest BCUT2D eigenvalue weighted by Crippen LogP contribution is -2.28. The Morgan fingerprint density at radius 3 is 2.41 bits per heavy atom. The zero-order valence-electron chi connectivity index (χ0n) is 13.6. The van der Waals surface area contributed by atoms with Crippen molar-refractivity contribution in [3.8, 4) is 0 Å². The van der Waals surface area contributed by atoms with E-state index in [0.717, 1.165) is 5.56 Å². The van der Waals surface area contributed by atoms with Crippen LogP contribution in [-0.4, -0.2) is 18.7 Å². The largest absolute Gasteiger partial charge is 0.462 e. The normalized spacial score (nSPS) is 20.0. The van der Waals surface area contributed by atoms with Gasteiger partial charge in [-0.3, -0.25) is 0 Å². The number of benzene rings is 1. The van der Waals surface area contributed by atoms with Gasteiger partial charge >= 0.3 is 5.97 Å². The number of esters is 1. The molecule has 0 amide bonds. The van der Waals surface area contributed by atoms with Crippen molar-refractivity contribution in [3.05, 3.63) is 47.7 Å². The van der Waals surface area contributed by atoms with Crippen LogP contribution in [0, 0.1) is 11.8 Å². The van der Waals surface area contributed by atoms with E-state index in [2.05, 4.69) is 0 Å². The fourth-order valence-corrected chi connectivity index (χ4v) is 2.56. The Hall–Kier alpha value is -1.81. The second-order valence-electron chi connectivity index (χ2n) is 6.17. The highest BCUT2D eigenvalue weighted by Crippen LogP contribution is 2.28. The summed E-state index contributed by atoms with van der Waals surface area (Å²) < 4.78 is 16.7. The van der Waals surface area contributed by atoms with E-state index in [-0.39, 0.29) is 30.5 Å². The van der Waals surface area contributed by atoms with Gasteiger partial charge in [-0.2, -0.15) is 0 Å². The minimum Gasteiger partial charge on any atom is -0.462 e. The molecule has 22 heavy (non-hydrogen) atoms. The number of hydrogen-bond donors (Lipinski definition) is 0. The summed E-state index contributed by atoms with van der Waals surface area (Å²) in [4.78, 5) is 12.0. The lowest BCUT2D eigenvalue weighted by Gasteiger charge is -2.24. The van der Waals surface area contributed by atoms with Gasteiger partial charge in [0.2, 0.25) is 6.29 Å². The molecule has 0 N–H and O–H groups in total. The first-order valence-electron chi connectivity index (χ1n) is 7.71. The number of carbonyl (C=O) groups excluding carboxylic acids is 1. The quantitative estimate of drug-likeness (QED) is 0.612. The molecule has 0 aliphatic carbocycles. The number of ether oxygens (including phenoxy) is 3. The maximum absolute atomic E-state index is 12.0. The van der Waals surface area contributed by atoms with Crippen molar-refractivity contribution >= 4 is 5.97 Å². The molecule has 1 aromatic carbocycles. The Bertz CT molecular complexity index is 511. The molecule has 4 nitrogen and oxygen atoms in total. The van der Waals surface area contributed by atoms with Crippen molar-refractivity contribution in [2.75, 3.05) is 6.61 Å². The molecule has 0 saturated carbocycles. The molecule has 120 valence electrons. The van der Waals surface area contributed by atoms with Crippen molar-refractivity contribution in [3.63, 3.8) is 0 Å². The fourth-order valence-electron chi connectivity index (χ4n) is 2.56. The summed E-state index contributed by atoms with van der Waals surface area (Å²) in [5, 5.41) is 0. The van der Waals surface area contributed by atoms with Gasteiger partial charge in [-0.05, 0) is 11.8 Å². The highest BCUT2D eigenvalue weighted by molar-refractivity contribution is 5.82. The van der Waals surface area contributed by atoms with Gasteiger partial charge < -0.3 is 14.2 Å². The Morgan fingerprint density at radius 2 is 1.82 bits per heavy atom. The van der Waals surface area contributed by atoms with E-state index in [1.807, 2.05) is 58.0 Å². The van der Waals surface area contributed by atoms with Crippen LogP contribution in [0.15, 0.2) is 42.2 Å². The molecule has 0 radical (unpaired) electrons. The van der Waals surface area contributed by atoms with Crippen LogP contribution >= 0.6 is 0 Å². The minimum atomic E-state index is -0.453. The summed E-state index contributed by atoms with van der Waals surface area (Å²) in [6.45, 7) is 8.47. The molecule has 2 rings (SSSR count). The van der Waals surface area contributed by atoms with Gasteiger partial charge in [-0.25, -0.2) is 4.79 Å². The van der Waals surface area contributed by atoms with E-state index in [1.54, 1.807) is 0 Å². The van der Waals surface area contributed by atoms with Crippen LogP contribution in [0.3, 0.4) is 0 Å². The van der Waals surface area contributed by atoms with E-state index in [0.29, 0.717) is 5.76 Å². The van der Waals surface area contributed by atoms with Crippen LogP contribution in [0.5, 0.6) is 0 Å². The first-order valence-corrected chi connectivity index (χ1v) is 7.71. The van der Waals surface area contributed by atoms with Crippen molar-refractivity contribution < 1.29 is 19.0 Å². The molecule has 1 heterocycles. The third-order valence-corrected chi connectivity index (χ3v) is 3.55. The molecule has 1 fully saturated rings. The lowest BCUT2D eigenvalue weighted by atomic mass is 9.96. The molecular weight excluding hydrogens is 280 g/mol. The maximum Gasteiger partial charge on any atom is 0.334 e. The van der Waals surface area contributed by atoms with E-state index < -0.39 is 6.29 Å². The summed E-state index contributed by atoms with van der Waals surface area (Å²) in [6, 6.07) is 9.64. The molecule has 0 bridgehead atoms. The zero-order valence-corrected chi connectivity index (χ0v) is 13.6. The van der Waals surface area contributed by atoms with Crippen LogP contribution in [0.1, 0.15) is 39.5 Å². The van der Waals surface area contributed by atoms with Crippen LogP contribution in [0.25, 0.3) is 0 Å². The van der Waals surface area contributed by atoms with E-state index in [1.165, 1.54) is 6.08 Å². The van der Waals surface area contributed by atoms with Crippen molar-refractivity contribution in [2.45, 2.75) is 40.1 Å². The zero-order chi connectivity index (χ0) is 16.1. The average molecular weight is 304 g/mol.